The molecule has 2 aromatic carbocycles. The lowest BCUT2D eigenvalue weighted by atomic mass is 10.2. The summed E-state index contributed by atoms with van der Waals surface area (Å²) in [6.45, 7) is 5.14. The summed E-state index contributed by atoms with van der Waals surface area (Å²) < 4.78 is 14.3. The van der Waals surface area contributed by atoms with Gasteiger partial charge in [0.15, 0.2) is 11.5 Å². The van der Waals surface area contributed by atoms with Gasteiger partial charge in [-0.05, 0) is 38.1 Å². The quantitative estimate of drug-likeness (QED) is 0.648. The van der Waals surface area contributed by atoms with Crippen molar-refractivity contribution in [3.8, 4) is 11.5 Å². The Kier molecular flexibility index (Phi) is 6.03. The first-order valence-corrected chi connectivity index (χ1v) is 9.38. The summed E-state index contributed by atoms with van der Waals surface area (Å²) in [5.41, 5.74) is 2.17. The minimum absolute atomic E-state index is 0.131. The highest BCUT2D eigenvalue weighted by Gasteiger charge is 2.12. The molecule has 0 atom stereocenters. The van der Waals surface area contributed by atoms with Crippen LogP contribution in [0.1, 0.15) is 20.3 Å². The van der Waals surface area contributed by atoms with Gasteiger partial charge in [0.2, 0.25) is 5.91 Å². The smallest absolute Gasteiger partial charge is 0.328 e. The van der Waals surface area contributed by atoms with Crippen molar-refractivity contribution in [1.29, 1.82) is 0 Å². The third-order valence-corrected chi connectivity index (χ3v) is 4.44. The van der Waals surface area contributed by atoms with Gasteiger partial charge in [-0.3, -0.25) is 13.9 Å². The van der Waals surface area contributed by atoms with Crippen LogP contribution in [0.3, 0.4) is 0 Å². The van der Waals surface area contributed by atoms with Crippen LogP contribution in [0.25, 0.3) is 11.0 Å². The Bertz CT molecular complexity index is 1040. The molecule has 3 rings (SSSR count). The van der Waals surface area contributed by atoms with E-state index in [0.29, 0.717) is 36.9 Å². The maximum absolute atomic E-state index is 12.4. The number of para-hydroxylation sites is 2. The van der Waals surface area contributed by atoms with Crippen molar-refractivity contribution in [2.45, 2.75) is 26.8 Å². The van der Waals surface area contributed by atoms with Crippen molar-refractivity contribution in [3.05, 3.63) is 52.9 Å². The first-order chi connectivity index (χ1) is 13.5. The monoisotopic (exact) mass is 383 g/mol. The normalized spacial score (nSPS) is 10.8. The van der Waals surface area contributed by atoms with Crippen molar-refractivity contribution in [2.75, 3.05) is 18.5 Å². The van der Waals surface area contributed by atoms with Gasteiger partial charge in [-0.2, -0.15) is 0 Å². The molecule has 0 aliphatic rings. The van der Waals surface area contributed by atoms with E-state index in [2.05, 4.69) is 5.32 Å². The van der Waals surface area contributed by atoms with Gasteiger partial charge >= 0.3 is 5.69 Å². The zero-order valence-electron chi connectivity index (χ0n) is 16.4. The highest BCUT2D eigenvalue weighted by atomic mass is 16.5. The van der Waals surface area contributed by atoms with Gasteiger partial charge in [-0.15, -0.1) is 0 Å². The molecular formula is C21H25N3O4. The van der Waals surface area contributed by atoms with Gasteiger partial charge in [-0.1, -0.05) is 12.1 Å². The molecule has 0 radical (unpaired) electrons. The van der Waals surface area contributed by atoms with Crippen LogP contribution in [0.2, 0.25) is 0 Å². The van der Waals surface area contributed by atoms with Gasteiger partial charge in [0.1, 0.15) is 0 Å². The van der Waals surface area contributed by atoms with Crippen LogP contribution in [-0.4, -0.2) is 28.3 Å². The second-order valence-corrected chi connectivity index (χ2v) is 6.31. The van der Waals surface area contributed by atoms with E-state index in [1.807, 2.05) is 38.1 Å². The molecular weight excluding hydrogens is 358 g/mol. The largest absolute Gasteiger partial charge is 0.490 e. The number of hydrogen-bond acceptors (Lipinski definition) is 4. The van der Waals surface area contributed by atoms with Crippen LogP contribution in [-0.2, 0) is 18.4 Å². The van der Waals surface area contributed by atoms with E-state index in [-0.39, 0.29) is 18.0 Å². The van der Waals surface area contributed by atoms with E-state index in [9.17, 15) is 9.59 Å². The molecule has 0 aliphatic carbocycles. The minimum atomic E-state index is -0.175. The van der Waals surface area contributed by atoms with E-state index in [4.69, 9.17) is 9.47 Å². The lowest BCUT2D eigenvalue weighted by Gasteiger charge is -2.13. The van der Waals surface area contributed by atoms with Gasteiger partial charge in [-0.25, -0.2) is 4.79 Å². The number of imidazole rings is 1. The number of nitrogens with one attached hydrogen (secondary N) is 1. The van der Waals surface area contributed by atoms with Crippen LogP contribution >= 0.6 is 0 Å². The lowest BCUT2D eigenvalue weighted by molar-refractivity contribution is -0.116. The van der Waals surface area contributed by atoms with E-state index >= 15 is 0 Å². The second-order valence-electron chi connectivity index (χ2n) is 6.31. The third kappa shape index (κ3) is 4.03. The number of benzene rings is 2. The molecule has 1 aromatic heterocycles. The number of carbonyl (C=O) groups excluding carboxylic acids is 1. The molecule has 148 valence electrons. The Labute approximate surface area is 163 Å². The molecule has 7 heteroatoms. The van der Waals surface area contributed by atoms with Crippen LogP contribution in [0.15, 0.2) is 47.3 Å². The van der Waals surface area contributed by atoms with E-state index in [1.165, 1.54) is 0 Å². The van der Waals surface area contributed by atoms with Crippen molar-refractivity contribution in [1.82, 2.24) is 9.13 Å². The molecule has 0 spiro atoms. The van der Waals surface area contributed by atoms with Crippen LogP contribution in [0, 0.1) is 0 Å². The number of rotatable bonds is 8. The number of amides is 1. The first kappa shape index (κ1) is 19.5. The van der Waals surface area contributed by atoms with Crippen LogP contribution < -0.4 is 20.5 Å². The zero-order chi connectivity index (χ0) is 20.1. The van der Waals surface area contributed by atoms with Gasteiger partial charge in [0.25, 0.3) is 0 Å². The predicted octanol–water partition coefficient (Wildman–Crippen LogP) is 3.17. The number of carbonyl (C=O) groups is 1. The van der Waals surface area contributed by atoms with Crippen LogP contribution in [0.4, 0.5) is 5.69 Å². The van der Waals surface area contributed by atoms with Gasteiger partial charge in [0, 0.05) is 31.8 Å². The molecule has 3 aromatic rings. The summed E-state index contributed by atoms with van der Waals surface area (Å²) in [7, 11) is 1.73. The SMILES string of the molecule is CCOc1ccc(NC(=O)CCn2c(=O)n(C)c3ccccc32)cc1OCC. The van der Waals surface area contributed by atoms with Crippen molar-refractivity contribution in [3.63, 3.8) is 0 Å². The molecule has 0 fully saturated rings. The molecule has 28 heavy (non-hydrogen) atoms. The molecule has 1 N–H and O–H groups in total. The summed E-state index contributed by atoms with van der Waals surface area (Å²) in [5.74, 6) is 1.06. The number of anilines is 1. The molecule has 1 heterocycles. The second kappa shape index (κ2) is 8.65. The average molecular weight is 383 g/mol. The number of hydrogen-bond donors (Lipinski definition) is 1. The average Bonchev–Trinajstić information content (AvgIpc) is 2.93. The summed E-state index contributed by atoms with van der Waals surface area (Å²) in [5, 5.41) is 2.86. The predicted molar refractivity (Wildman–Crippen MR) is 109 cm³/mol. The highest BCUT2D eigenvalue weighted by Crippen LogP contribution is 2.30. The molecule has 1 amide bonds. The Balaban J connectivity index is 1.71. The zero-order valence-corrected chi connectivity index (χ0v) is 16.4. The maximum atomic E-state index is 12.4. The Morgan fingerprint density at radius 1 is 1.00 bits per heavy atom. The Morgan fingerprint density at radius 2 is 1.68 bits per heavy atom. The summed E-state index contributed by atoms with van der Waals surface area (Å²) in [6, 6.07) is 12.8. The fourth-order valence-electron chi connectivity index (χ4n) is 3.14. The van der Waals surface area contributed by atoms with E-state index < -0.39 is 0 Å². The summed E-state index contributed by atoms with van der Waals surface area (Å²) in [6.07, 6.45) is 0.186. The maximum Gasteiger partial charge on any atom is 0.328 e. The number of aromatic nitrogens is 2. The van der Waals surface area contributed by atoms with Crippen LogP contribution in [0.5, 0.6) is 11.5 Å². The number of fused-ring (bicyclic) bond motifs is 1. The molecule has 0 saturated carbocycles. The van der Waals surface area contributed by atoms with Crippen molar-refractivity contribution in [2.24, 2.45) is 7.05 Å². The highest BCUT2D eigenvalue weighted by molar-refractivity contribution is 5.91. The standard InChI is InChI=1S/C21H25N3O4/c1-4-27-18-11-10-15(14-19(18)28-5-2)22-20(25)12-13-24-17-9-7-6-8-16(17)23(3)21(24)26/h6-11,14H,4-5,12-13H2,1-3H3,(H,22,25). The fourth-order valence-corrected chi connectivity index (χ4v) is 3.14. The van der Waals surface area contributed by atoms with E-state index in [1.54, 1.807) is 34.4 Å². The molecule has 0 saturated heterocycles. The molecule has 0 unspecified atom stereocenters. The summed E-state index contributed by atoms with van der Waals surface area (Å²) >= 11 is 0. The summed E-state index contributed by atoms with van der Waals surface area (Å²) in [4.78, 5) is 24.9. The molecule has 7 nitrogen and oxygen atoms in total. The minimum Gasteiger partial charge on any atom is -0.490 e. The number of ether oxygens (including phenoxy) is 2. The van der Waals surface area contributed by atoms with E-state index in [0.717, 1.165) is 11.0 Å². The third-order valence-electron chi connectivity index (χ3n) is 4.44. The Hall–Kier alpha value is -3.22. The molecule has 0 aliphatic heterocycles. The Morgan fingerprint density at radius 3 is 2.39 bits per heavy atom. The number of aryl methyl sites for hydroxylation is 2. The lowest BCUT2D eigenvalue weighted by Crippen LogP contribution is -2.24. The van der Waals surface area contributed by atoms with Gasteiger partial charge in [0.05, 0.1) is 24.2 Å². The van der Waals surface area contributed by atoms with Crippen molar-refractivity contribution < 1.29 is 14.3 Å². The van der Waals surface area contributed by atoms with Crippen molar-refractivity contribution >= 4 is 22.6 Å². The molecule has 0 bridgehead atoms. The topological polar surface area (TPSA) is 74.5 Å². The fraction of sp³-hybridized carbons (Fsp3) is 0.333. The van der Waals surface area contributed by atoms with Gasteiger partial charge < -0.3 is 14.8 Å². The number of nitrogens with zero attached hydrogens (tertiary/aromatic N) is 2. The first-order valence-electron chi connectivity index (χ1n) is 9.38.